The fourth-order valence-corrected chi connectivity index (χ4v) is 2.20. The molecular weight excluding hydrogens is 226 g/mol. The number of hydrogen-bond donors (Lipinski definition) is 1. The van der Waals surface area contributed by atoms with Gasteiger partial charge in [0.2, 0.25) is 5.91 Å². The third kappa shape index (κ3) is 1.90. The predicted molar refractivity (Wildman–Crippen MR) is 70.0 cm³/mol. The fourth-order valence-electron chi connectivity index (χ4n) is 2.20. The lowest BCUT2D eigenvalue weighted by atomic mass is 10.3. The Morgan fingerprint density at radius 2 is 2.28 bits per heavy atom. The summed E-state index contributed by atoms with van der Waals surface area (Å²) in [5.74, 6) is 0.762. The highest BCUT2D eigenvalue weighted by atomic mass is 16.1. The van der Waals surface area contributed by atoms with E-state index >= 15 is 0 Å². The zero-order chi connectivity index (χ0) is 12.5. The van der Waals surface area contributed by atoms with Crippen molar-refractivity contribution in [1.29, 1.82) is 0 Å². The molecule has 0 atom stereocenters. The number of aromatic nitrogens is 2. The van der Waals surface area contributed by atoms with E-state index in [-0.39, 0.29) is 5.91 Å². The number of imidazole rings is 1. The monoisotopic (exact) mass is 241 g/mol. The van der Waals surface area contributed by atoms with Crippen molar-refractivity contribution in [2.24, 2.45) is 0 Å². The molecular formula is C14H15N3O. The predicted octanol–water partition coefficient (Wildman–Crippen LogP) is 2.17. The van der Waals surface area contributed by atoms with Gasteiger partial charge in [-0.25, -0.2) is 4.98 Å². The van der Waals surface area contributed by atoms with Crippen LogP contribution in [0, 0.1) is 0 Å². The van der Waals surface area contributed by atoms with Gasteiger partial charge in [-0.2, -0.15) is 0 Å². The molecule has 1 heterocycles. The average molecular weight is 241 g/mol. The van der Waals surface area contributed by atoms with E-state index in [4.69, 9.17) is 0 Å². The van der Waals surface area contributed by atoms with Crippen molar-refractivity contribution in [2.75, 3.05) is 0 Å². The molecule has 0 saturated heterocycles. The smallest absolute Gasteiger partial charge is 0.243 e. The molecule has 18 heavy (non-hydrogen) atoms. The zero-order valence-electron chi connectivity index (χ0n) is 10.1. The molecule has 0 radical (unpaired) electrons. The van der Waals surface area contributed by atoms with E-state index in [2.05, 4.69) is 27.5 Å². The van der Waals surface area contributed by atoms with Gasteiger partial charge in [0.05, 0.1) is 17.6 Å². The van der Waals surface area contributed by atoms with Crippen molar-refractivity contribution >= 4 is 16.9 Å². The van der Waals surface area contributed by atoms with Crippen molar-refractivity contribution in [2.45, 2.75) is 25.4 Å². The van der Waals surface area contributed by atoms with Crippen LogP contribution in [0.25, 0.3) is 11.0 Å². The molecule has 2 aromatic rings. The Bertz CT molecular complexity index is 611. The van der Waals surface area contributed by atoms with Gasteiger partial charge in [0.25, 0.3) is 0 Å². The van der Waals surface area contributed by atoms with Crippen LogP contribution in [0.15, 0.2) is 36.9 Å². The third-order valence-corrected chi connectivity index (χ3v) is 3.19. The summed E-state index contributed by atoms with van der Waals surface area (Å²) in [6.45, 7) is 3.90. The molecule has 1 saturated carbocycles. The second-order valence-electron chi connectivity index (χ2n) is 4.54. The summed E-state index contributed by atoms with van der Waals surface area (Å²) in [6, 6.07) is 8.65. The van der Waals surface area contributed by atoms with Gasteiger partial charge in [0.15, 0.2) is 0 Å². The van der Waals surface area contributed by atoms with Gasteiger partial charge >= 0.3 is 0 Å². The van der Waals surface area contributed by atoms with Crippen LogP contribution in [0.5, 0.6) is 0 Å². The van der Waals surface area contributed by atoms with E-state index in [1.807, 2.05) is 18.2 Å². The van der Waals surface area contributed by atoms with E-state index < -0.39 is 0 Å². The van der Waals surface area contributed by atoms with Gasteiger partial charge in [0.1, 0.15) is 5.82 Å². The Morgan fingerprint density at radius 3 is 3.00 bits per heavy atom. The van der Waals surface area contributed by atoms with Gasteiger partial charge in [-0.05, 0) is 31.1 Å². The zero-order valence-corrected chi connectivity index (χ0v) is 10.1. The summed E-state index contributed by atoms with van der Waals surface area (Å²) in [7, 11) is 0. The maximum Gasteiger partial charge on any atom is 0.243 e. The Balaban J connectivity index is 1.97. The Labute approximate surface area is 105 Å². The standard InChI is InChI=1S/C14H15N3O/c1-2-14(18)15-9-13-16-11-5-3-4-6-12(11)17(13)10-7-8-10/h2-6,10H,1,7-9H2,(H,15,18). The molecule has 4 nitrogen and oxygen atoms in total. The van der Waals surface area contributed by atoms with Crippen molar-refractivity contribution in [3.8, 4) is 0 Å². The molecule has 1 aromatic heterocycles. The molecule has 1 aromatic carbocycles. The molecule has 1 amide bonds. The molecule has 3 rings (SSSR count). The molecule has 0 spiro atoms. The van der Waals surface area contributed by atoms with Crippen molar-refractivity contribution < 1.29 is 4.79 Å². The number of nitrogens with zero attached hydrogens (tertiary/aromatic N) is 2. The first-order valence-electron chi connectivity index (χ1n) is 6.15. The topological polar surface area (TPSA) is 46.9 Å². The van der Waals surface area contributed by atoms with Gasteiger partial charge in [-0.1, -0.05) is 18.7 Å². The first kappa shape index (κ1) is 11.0. The lowest BCUT2D eigenvalue weighted by Gasteiger charge is -2.07. The molecule has 0 aliphatic heterocycles. The first-order chi connectivity index (χ1) is 8.79. The van der Waals surface area contributed by atoms with Crippen LogP contribution < -0.4 is 5.32 Å². The quantitative estimate of drug-likeness (QED) is 0.834. The minimum absolute atomic E-state index is 0.163. The number of fused-ring (bicyclic) bond motifs is 1. The van der Waals surface area contributed by atoms with E-state index in [9.17, 15) is 4.79 Å². The lowest BCUT2D eigenvalue weighted by Crippen LogP contribution is -2.22. The third-order valence-electron chi connectivity index (χ3n) is 3.19. The van der Waals surface area contributed by atoms with Crippen LogP contribution in [0.1, 0.15) is 24.7 Å². The number of amides is 1. The van der Waals surface area contributed by atoms with E-state index in [0.29, 0.717) is 12.6 Å². The summed E-state index contributed by atoms with van der Waals surface area (Å²) in [4.78, 5) is 15.8. The first-order valence-corrected chi connectivity index (χ1v) is 6.15. The number of hydrogen-bond acceptors (Lipinski definition) is 2. The molecule has 1 fully saturated rings. The number of benzene rings is 1. The van der Waals surface area contributed by atoms with Crippen LogP contribution in [-0.4, -0.2) is 15.5 Å². The van der Waals surface area contributed by atoms with Crippen LogP contribution in [0.3, 0.4) is 0 Å². The fraction of sp³-hybridized carbons (Fsp3) is 0.286. The number of nitrogens with one attached hydrogen (secondary N) is 1. The molecule has 0 bridgehead atoms. The van der Waals surface area contributed by atoms with Crippen LogP contribution in [-0.2, 0) is 11.3 Å². The van der Waals surface area contributed by atoms with Crippen molar-refractivity contribution in [3.63, 3.8) is 0 Å². The van der Waals surface area contributed by atoms with E-state index in [0.717, 1.165) is 16.9 Å². The highest BCUT2D eigenvalue weighted by Gasteiger charge is 2.27. The normalized spacial score (nSPS) is 14.7. The largest absolute Gasteiger partial charge is 0.345 e. The van der Waals surface area contributed by atoms with Gasteiger partial charge in [0, 0.05) is 6.04 Å². The van der Waals surface area contributed by atoms with Gasteiger partial charge < -0.3 is 9.88 Å². The van der Waals surface area contributed by atoms with Crippen molar-refractivity contribution in [1.82, 2.24) is 14.9 Å². The van der Waals surface area contributed by atoms with Gasteiger partial charge in [-0.3, -0.25) is 4.79 Å². The minimum Gasteiger partial charge on any atom is -0.345 e. The van der Waals surface area contributed by atoms with Crippen LogP contribution in [0.2, 0.25) is 0 Å². The Morgan fingerprint density at radius 1 is 1.50 bits per heavy atom. The van der Waals surface area contributed by atoms with E-state index in [1.54, 1.807) is 0 Å². The van der Waals surface area contributed by atoms with E-state index in [1.165, 1.54) is 18.9 Å². The summed E-state index contributed by atoms with van der Waals surface area (Å²) in [6.07, 6.45) is 3.68. The minimum atomic E-state index is -0.163. The number of carbonyl (C=O) groups is 1. The molecule has 1 aliphatic carbocycles. The highest BCUT2D eigenvalue weighted by molar-refractivity contribution is 5.86. The number of rotatable bonds is 4. The maximum atomic E-state index is 11.2. The lowest BCUT2D eigenvalue weighted by molar-refractivity contribution is -0.116. The number of carbonyl (C=O) groups excluding carboxylic acids is 1. The SMILES string of the molecule is C=CC(=O)NCc1nc2ccccc2n1C1CC1. The second kappa shape index (κ2) is 4.29. The average Bonchev–Trinajstić information content (AvgIpc) is 3.16. The molecule has 4 heteroatoms. The Kier molecular flexibility index (Phi) is 2.63. The number of para-hydroxylation sites is 2. The van der Waals surface area contributed by atoms with Crippen LogP contribution >= 0.6 is 0 Å². The Hall–Kier alpha value is -2.10. The summed E-state index contributed by atoms with van der Waals surface area (Å²) in [5, 5.41) is 2.79. The highest BCUT2D eigenvalue weighted by Crippen LogP contribution is 2.38. The molecule has 1 N–H and O–H groups in total. The molecule has 92 valence electrons. The maximum absolute atomic E-state index is 11.2. The summed E-state index contributed by atoms with van der Waals surface area (Å²) in [5.41, 5.74) is 2.15. The second-order valence-corrected chi connectivity index (χ2v) is 4.54. The molecule has 1 aliphatic rings. The van der Waals surface area contributed by atoms with Gasteiger partial charge in [-0.15, -0.1) is 0 Å². The molecule has 0 unspecified atom stereocenters. The van der Waals surface area contributed by atoms with Crippen molar-refractivity contribution in [3.05, 3.63) is 42.7 Å². The van der Waals surface area contributed by atoms with Crippen LogP contribution in [0.4, 0.5) is 0 Å². The summed E-state index contributed by atoms with van der Waals surface area (Å²) < 4.78 is 2.25. The summed E-state index contributed by atoms with van der Waals surface area (Å²) >= 11 is 0.